The van der Waals surface area contributed by atoms with Gasteiger partial charge in [-0.05, 0) is 52.7 Å². The molecule has 0 radical (unpaired) electrons. The zero-order valence-corrected chi connectivity index (χ0v) is 10.3. The molecule has 2 atom stereocenters. The van der Waals surface area contributed by atoms with Gasteiger partial charge in [0.05, 0.1) is 6.54 Å². The summed E-state index contributed by atoms with van der Waals surface area (Å²) in [6, 6.07) is 0.536. The summed E-state index contributed by atoms with van der Waals surface area (Å²) in [5, 5.41) is 8.98. The van der Waals surface area contributed by atoms with Crippen LogP contribution in [0.5, 0.6) is 0 Å². The number of hydrogen-bond acceptors (Lipinski definition) is 3. The molecule has 0 unspecified atom stereocenters. The lowest BCUT2D eigenvalue weighted by Crippen LogP contribution is -2.66. The van der Waals surface area contributed by atoms with Gasteiger partial charge in [0.1, 0.15) is 0 Å². The van der Waals surface area contributed by atoms with Crippen molar-refractivity contribution < 1.29 is 9.90 Å². The second kappa shape index (κ2) is 4.34. The third kappa shape index (κ3) is 1.96. The van der Waals surface area contributed by atoms with Crippen molar-refractivity contribution in [2.75, 3.05) is 26.7 Å². The van der Waals surface area contributed by atoms with E-state index in [9.17, 15) is 4.79 Å². The highest BCUT2D eigenvalue weighted by Crippen LogP contribution is 2.37. The number of fused-ring (bicyclic) bond motifs is 1. The Bertz CT molecular complexity index is 282. The summed E-state index contributed by atoms with van der Waals surface area (Å²) in [7, 11) is 2.17. The van der Waals surface area contributed by atoms with Crippen LogP contribution in [-0.2, 0) is 4.79 Å². The molecule has 0 saturated carbocycles. The van der Waals surface area contributed by atoms with Gasteiger partial charge in [-0.1, -0.05) is 0 Å². The van der Waals surface area contributed by atoms with Crippen molar-refractivity contribution in [2.24, 2.45) is 0 Å². The first-order valence-corrected chi connectivity index (χ1v) is 6.21. The fourth-order valence-corrected chi connectivity index (χ4v) is 3.54. The summed E-state index contributed by atoms with van der Waals surface area (Å²) < 4.78 is 0. The van der Waals surface area contributed by atoms with Gasteiger partial charge >= 0.3 is 5.97 Å². The smallest absolute Gasteiger partial charge is 0.317 e. The number of aliphatic carboxylic acids is 1. The Hall–Kier alpha value is -0.610. The lowest BCUT2D eigenvalue weighted by atomic mass is 9.76. The number of carboxylic acid groups (broad SMARTS) is 1. The Morgan fingerprint density at radius 1 is 1.44 bits per heavy atom. The van der Waals surface area contributed by atoms with Crippen LogP contribution in [0.15, 0.2) is 0 Å². The number of hydrogen-bond donors (Lipinski definition) is 1. The van der Waals surface area contributed by atoms with Gasteiger partial charge in [0.25, 0.3) is 0 Å². The van der Waals surface area contributed by atoms with Gasteiger partial charge in [-0.15, -0.1) is 0 Å². The number of likely N-dealkylation sites (N-methyl/N-ethyl adjacent to an activating group) is 1. The fourth-order valence-electron chi connectivity index (χ4n) is 3.54. The number of nitrogens with zero attached hydrogens (tertiary/aromatic N) is 2. The molecule has 16 heavy (non-hydrogen) atoms. The van der Waals surface area contributed by atoms with Crippen molar-refractivity contribution in [2.45, 2.75) is 44.2 Å². The molecule has 2 aliphatic rings. The standard InChI is InChI=1S/C12H22N2O2/c1-12-6-4-7-13(2)10(12)5-3-8-14(12)9-11(15)16/h10H,3-9H2,1-2H3,(H,15,16)/t10-,12+/m1/s1. The summed E-state index contributed by atoms with van der Waals surface area (Å²) in [6.07, 6.45) is 4.65. The largest absolute Gasteiger partial charge is 0.480 e. The number of rotatable bonds is 2. The normalized spacial score (nSPS) is 37.0. The van der Waals surface area contributed by atoms with Gasteiger partial charge in [-0.2, -0.15) is 0 Å². The van der Waals surface area contributed by atoms with Crippen molar-refractivity contribution in [1.82, 2.24) is 9.80 Å². The van der Waals surface area contributed by atoms with Crippen LogP contribution in [0, 0.1) is 0 Å². The van der Waals surface area contributed by atoms with Crippen LogP contribution in [0.25, 0.3) is 0 Å². The van der Waals surface area contributed by atoms with Gasteiger partial charge in [-0.3, -0.25) is 9.69 Å². The molecule has 2 heterocycles. The highest BCUT2D eigenvalue weighted by atomic mass is 16.4. The third-order valence-corrected chi connectivity index (χ3v) is 4.40. The monoisotopic (exact) mass is 226 g/mol. The molecule has 0 aromatic heterocycles. The second-order valence-electron chi connectivity index (χ2n) is 5.41. The van der Waals surface area contributed by atoms with E-state index in [2.05, 4.69) is 23.8 Å². The zero-order valence-electron chi connectivity index (χ0n) is 10.3. The van der Waals surface area contributed by atoms with E-state index in [0.29, 0.717) is 6.04 Å². The Morgan fingerprint density at radius 3 is 2.88 bits per heavy atom. The minimum Gasteiger partial charge on any atom is -0.480 e. The van der Waals surface area contributed by atoms with E-state index in [-0.39, 0.29) is 12.1 Å². The van der Waals surface area contributed by atoms with Crippen LogP contribution in [0.2, 0.25) is 0 Å². The van der Waals surface area contributed by atoms with E-state index in [1.165, 1.54) is 12.8 Å². The second-order valence-corrected chi connectivity index (χ2v) is 5.41. The molecule has 0 spiro atoms. The molecule has 0 amide bonds. The first kappa shape index (κ1) is 11.9. The molecule has 0 aromatic rings. The minimum absolute atomic E-state index is 0.0731. The average Bonchev–Trinajstić information content (AvgIpc) is 2.19. The zero-order chi connectivity index (χ0) is 11.8. The lowest BCUT2D eigenvalue weighted by Gasteiger charge is -2.55. The highest BCUT2D eigenvalue weighted by Gasteiger charge is 2.46. The van der Waals surface area contributed by atoms with Gasteiger partial charge in [-0.25, -0.2) is 0 Å². The topological polar surface area (TPSA) is 43.8 Å². The maximum Gasteiger partial charge on any atom is 0.317 e. The van der Waals surface area contributed by atoms with Crippen molar-refractivity contribution in [3.63, 3.8) is 0 Å². The Balaban J connectivity index is 2.17. The molecular weight excluding hydrogens is 204 g/mol. The Kier molecular flexibility index (Phi) is 3.22. The van der Waals surface area contributed by atoms with Gasteiger partial charge in [0, 0.05) is 11.6 Å². The van der Waals surface area contributed by atoms with Crippen LogP contribution in [0.1, 0.15) is 32.6 Å². The number of piperidine rings is 2. The molecular formula is C12H22N2O2. The van der Waals surface area contributed by atoms with Gasteiger partial charge in [0.2, 0.25) is 0 Å². The van der Waals surface area contributed by atoms with Crippen LogP contribution in [-0.4, -0.2) is 59.1 Å². The van der Waals surface area contributed by atoms with Gasteiger partial charge in [0.15, 0.2) is 0 Å². The molecule has 4 heteroatoms. The number of likely N-dealkylation sites (tertiary alicyclic amines) is 2. The Morgan fingerprint density at radius 2 is 2.19 bits per heavy atom. The molecule has 1 N–H and O–H groups in total. The molecule has 92 valence electrons. The van der Waals surface area contributed by atoms with E-state index < -0.39 is 5.97 Å². The van der Waals surface area contributed by atoms with E-state index in [1.54, 1.807) is 0 Å². The van der Waals surface area contributed by atoms with Crippen LogP contribution in [0.3, 0.4) is 0 Å². The Labute approximate surface area is 97.2 Å². The molecule has 4 nitrogen and oxygen atoms in total. The molecule has 0 aliphatic carbocycles. The van der Waals surface area contributed by atoms with Crippen LogP contribution < -0.4 is 0 Å². The molecule has 2 aliphatic heterocycles. The maximum atomic E-state index is 10.9. The summed E-state index contributed by atoms with van der Waals surface area (Å²) >= 11 is 0. The SMILES string of the molecule is CN1CCC[C@@]2(C)[C@H]1CCCN2CC(=O)O. The minimum atomic E-state index is -0.699. The molecule has 0 aromatic carbocycles. The average molecular weight is 226 g/mol. The summed E-state index contributed by atoms with van der Waals surface area (Å²) in [6.45, 7) is 4.53. The van der Waals surface area contributed by atoms with E-state index in [0.717, 1.165) is 25.9 Å². The molecule has 2 rings (SSSR count). The van der Waals surface area contributed by atoms with Crippen molar-refractivity contribution in [3.8, 4) is 0 Å². The summed E-state index contributed by atoms with van der Waals surface area (Å²) in [5.41, 5.74) is 0.0731. The van der Waals surface area contributed by atoms with Crippen LogP contribution in [0.4, 0.5) is 0 Å². The van der Waals surface area contributed by atoms with Crippen molar-refractivity contribution in [1.29, 1.82) is 0 Å². The molecule has 0 bridgehead atoms. The number of carboxylic acids is 1. The third-order valence-electron chi connectivity index (χ3n) is 4.40. The quantitative estimate of drug-likeness (QED) is 0.763. The van der Waals surface area contributed by atoms with Crippen molar-refractivity contribution >= 4 is 5.97 Å². The van der Waals surface area contributed by atoms with Gasteiger partial charge < -0.3 is 10.0 Å². The first-order valence-electron chi connectivity index (χ1n) is 6.21. The van der Waals surface area contributed by atoms with Crippen LogP contribution >= 0.6 is 0 Å². The van der Waals surface area contributed by atoms with Crippen molar-refractivity contribution in [3.05, 3.63) is 0 Å². The predicted octanol–water partition coefficient (Wildman–Crippen LogP) is 1.02. The number of carbonyl (C=O) groups is 1. The molecule has 2 fully saturated rings. The summed E-state index contributed by atoms with van der Waals surface area (Å²) in [5.74, 6) is -0.699. The maximum absolute atomic E-state index is 10.9. The summed E-state index contributed by atoms with van der Waals surface area (Å²) in [4.78, 5) is 15.5. The highest BCUT2D eigenvalue weighted by molar-refractivity contribution is 5.69. The van der Waals surface area contributed by atoms with E-state index in [4.69, 9.17) is 5.11 Å². The van der Waals surface area contributed by atoms with E-state index >= 15 is 0 Å². The predicted molar refractivity (Wildman–Crippen MR) is 62.5 cm³/mol. The fraction of sp³-hybridized carbons (Fsp3) is 0.917. The first-order chi connectivity index (χ1) is 7.54. The lowest BCUT2D eigenvalue weighted by molar-refractivity contribution is -0.143. The molecule has 2 saturated heterocycles. The van der Waals surface area contributed by atoms with E-state index in [1.807, 2.05) is 0 Å².